The first-order valence-corrected chi connectivity index (χ1v) is 7.84. The maximum Gasteiger partial charge on any atom is 0.242 e. The number of sulfonamides is 1. The lowest BCUT2D eigenvalue weighted by atomic mass is 10.2. The Morgan fingerprint density at radius 1 is 1.47 bits per heavy atom. The van der Waals surface area contributed by atoms with Gasteiger partial charge in [-0.1, -0.05) is 13.8 Å². The zero-order valence-corrected chi connectivity index (χ0v) is 12.5. The lowest BCUT2D eigenvalue weighted by Gasteiger charge is -2.11. The maximum absolute atomic E-state index is 12.0. The van der Waals surface area contributed by atoms with E-state index in [4.69, 9.17) is 4.74 Å². The molecule has 0 saturated carbocycles. The van der Waals surface area contributed by atoms with Gasteiger partial charge in [0.1, 0.15) is 0 Å². The zero-order valence-electron chi connectivity index (χ0n) is 11.7. The number of hydrogen-bond donors (Lipinski definition) is 3. The number of ether oxygens (including phenoxy) is 1. The molecule has 1 rings (SSSR count). The van der Waals surface area contributed by atoms with Crippen molar-refractivity contribution in [1.82, 2.24) is 15.0 Å². The molecular weight excluding hydrogens is 266 g/mol. The van der Waals surface area contributed by atoms with Gasteiger partial charge < -0.3 is 15.0 Å². The molecule has 0 amide bonds. The van der Waals surface area contributed by atoms with Crippen molar-refractivity contribution in [1.29, 1.82) is 0 Å². The summed E-state index contributed by atoms with van der Waals surface area (Å²) in [6, 6.07) is 1.64. The summed E-state index contributed by atoms with van der Waals surface area (Å²) < 4.78 is 31.6. The molecule has 3 N–H and O–H groups in total. The minimum atomic E-state index is -3.44. The van der Waals surface area contributed by atoms with Crippen molar-refractivity contribution in [2.75, 3.05) is 26.8 Å². The van der Waals surface area contributed by atoms with E-state index in [9.17, 15) is 8.42 Å². The monoisotopic (exact) mass is 289 g/mol. The Hall–Kier alpha value is -0.890. The summed E-state index contributed by atoms with van der Waals surface area (Å²) in [6.45, 7) is 6.30. The van der Waals surface area contributed by atoms with Gasteiger partial charge in [0.15, 0.2) is 0 Å². The van der Waals surface area contributed by atoms with Crippen LogP contribution in [-0.4, -0.2) is 40.2 Å². The van der Waals surface area contributed by atoms with Crippen molar-refractivity contribution in [2.45, 2.75) is 25.3 Å². The Labute approximate surface area is 115 Å². The highest BCUT2D eigenvalue weighted by Crippen LogP contribution is 2.10. The summed E-state index contributed by atoms with van der Waals surface area (Å²) in [4.78, 5) is 3.22. The average Bonchev–Trinajstić information content (AvgIpc) is 2.84. The highest BCUT2D eigenvalue weighted by Gasteiger charge is 2.16. The number of nitrogens with one attached hydrogen (secondary N) is 3. The Morgan fingerprint density at radius 2 is 2.21 bits per heavy atom. The third-order valence-electron chi connectivity index (χ3n) is 2.67. The van der Waals surface area contributed by atoms with Gasteiger partial charge in [-0.3, -0.25) is 0 Å². The van der Waals surface area contributed by atoms with Crippen LogP contribution in [0.2, 0.25) is 0 Å². The molecule has 0 aromatic carbocycles. The quantitative estimate of drug-likeness (QED) is 0.624. The van der Waals surface area contributed by atoms with E-state index in [0.29, 0.717) is 19.7 Å². The molecule has 0 spiro atoms. The summed E-state index contributed by atoms with van der Waals surface area (Å²) in [7, 11) is -1.84. The first-order valence-electron chi connectivity index (χ1n) is 6.36. The Morgan fingerprint density at radius 3 is 2.84 bits per heavy atom. The summed E-state index contributed by atoms with van der Waals surface area (Å²) in [5, 5.41) is 3.13. The molecule has 19 heavy (non-hydrogen) atoms. The fourth-order valence-electron chi connectivity index (χ4n) is 1.61. The van der Waals surface area contributed by atoms with Gasteiger partial charge in [0.2, 0.25) is 10.0 Å². The molecule has 7 heteroatoms. The molecule has 0 aliphatic heterocycles. The fourth-order valence-corrected chi connectivity index (χ4v) is 2.80. The second-order valence-corrected chi connectivity index (χ2v) is 6.32. The van der Waals surface area contributed by atoms with Crippen LogP contribution in [0.1, 0.15) is 19.5 Å². The lowest BCUT2D eigenvalue weighted by Crippen LogP contribution is -2.29. The van der Waals surface area contributed by atoms with E-state index in [1.165, 1.54) is 6.20 Å². The van der Waals surface area contributed by atoms with Crippen molar-refractivity contribution in [2.24, 2.45) is 5.92 Å². The molecule has 1 atom stereocenters. The lowest BCUT2D eigenvalue weighted by molar-refractivity contribution is 0.161. The summed E-state index contributed by atoms with van der Waals surface area (Å²) in [6.07, 6.45) is 1.51. The first-order chi connectivity index (χ1) is 8.99. The van der Waals surface area contributed by atoms with Crippen LogP contribution in [-0.2, 0) is 21.3 Å². The number of hydrogen-bond acceptors (Lipinski definition) is 4. The highest BCUT2D eigenvalue weighted by molar-refractivity contribution is 7.89. The van der Waals surface area contributed by atoms with Crippen molar-refractivity contribution in [3.63, 3.8) is 0 Å². The third kappa shape index (κ3) is 5.32. The Balaban J connectivity index is 2.59. The number of methoxy groups -OCH3 is 1. The first kappa shape index (κ1) is 16.2. The molecule has 0 bridgehead atoms. The van der Waals surface area contributed by atoms with Crippen LogP contribution in [0.4, 0.5) is 0 Å². The van der Waals surface area contributed by atoms with E-state index < -0.39 is 10.0 Å². The topological polar surface area (TPSA) is 83.2 Å². The maximum atomic E-state index is 12.0. The molecule has 0 saturated heterocycles. The second kappa shape index (κ2) is 7.64. The molecular formula is C12H23N3O3S. The summed E-state index contributed by atoms with van der Waals surface area (Å²) >= 11 is 0. The molecule has 110 valence electrons. The predicted octanol–water partition coefficient (Wildman–Crippen LogP) is 0.685. The number of rotatable bonds is 9. The van der Waals surface area contributed by atoms with Gasteiger partial charge in [-0.2, -0.15) is 0 Å². The van der Waals surface area contributed by atoms with Crippen LogP contribution in [0.25, 0.3) is 0 Å². The van der Waals surface area contributed by atoms with Gasteiger partial charge in [0.05, 0.1) is 4.90 Å². The number of aromatic nitrogens is 1. The van der Waals surface area contributed by atoms with E-state index in [1.54, 1.807) is 13.2 Å². The van der Waals surface area contributed by atoms with Crippen molar-refractivity contribution >= 4 is 10.0 Å². The highest BCUT2D eigenvalue weighted by atomic mass is 32.2. The van der Waals surface area contributed by atoms with Crippen molar-refractivity contribution < 1.29 is 13.2 Å². The van der Waals surface area contributed by atoms with Crippen LogP contribution in [0.3, 0.4) is 0 Å². The van der Waals surface area contributed by atoms with E-state index in [2.05, 4.69) is 15.0 Å². The molecule has 0 radical (unpaired) electrons. The molecule has 0 fully saturated rings. The smallest absolute Gasteiger partial charge is 0.242 e. The van der Waals surface area contributed by atoms with Gasteiger partial charge in [-0.15, -0.1) is 0 Å². The molecule has 1 heterocycles. The number of aromatic amines is 1. The Bertz CT molecular complexity index is 470. The van der Waals surface area contributed by atoms with Crippen LogP contribution in [0, 0.1) is 5.92 Å². The molecule has 0 aliphatic rings. The van der Waals surface area contributed by atoms with Crippen molar-refractivity contribution in [3.05, 3.63) is 18.0 Å². The molecule has 1 aromatic rings. The molecule has 0 aliphatic carbocycles. The molecule has 1 unspecified atom stereocenters. The number of H-pyrrole nitrogens is 1. The van der Waals surface area contributed by atoms with Crippen LogP contribution >= 0.6 is 0 Å². The van der Waals surface area contributed by atoms with Crippen LogP contribution < -0.4 is 10.0 Å². The predicted molar refractivity (Wildman–Crippen MR) is 74.4 cm³/mol. The van der Waals surface area contributed by atoms with E-state index in [-0.39, 0.29) is 10.8 Å². The van der Waals surface area contributed by atoms with Gasteiger partial charge in [0.25, 0.3) is 0 Å². The van der Waals surface area contributed by atoms with E-state index in [1.807, 2.05) is 13.8 Å². The third-order valence-corrected chi connectivity index (χ3v) is 4.07. The van der Waals surface area contributed by atoms with Gasteiger partial charge >= 0.3 is 0 Å². The van der Waals surface area contributed by atoms with Crippen LogP contribution in [0.5, 0.6) is 0 Å². The van der Waals surface area contributed by atoms with Gasteiger partial charge in [0, 0.05) is 38.7 Å². The normalized spacial score (nSPS) is 13.6. The largest absolute Gasteiger partial charge is 0.384 e. The fraction of sp³-hybridized carbons (Fsp3) is 0.667. The van der Waals surface area contributed by atoms with Gasteiger partial charge in [-0.05, 0) is 18.5 Å². The van der Waals surface area contributed by atoms with Crippen LogP contribution in [0.15, 0.2) is 17.2 Å². The zero-order chi connectivity index (χ0) is 14.3. The molecule has 6 nitrogen and oxygen atoms in total. The van der Waals surface area contributed by atoms with Crippen molar-refractivity contribution in [3.8, 4) is 0 Å². The average molecular weight is 289 g/mol. The molecule has 1 aromatic heterocycles. The van der Waals surface area contributed by atoms with Gasteiger partial charge in [-0.25, -0.2) is 13.1 Å². The Kier molecular flexibility index (Phi) is 6.50. The SMILES string of the molecule is CCNCc1cc(S(=O)(=O)NCC(C)COC)c[nH]1. The minimum absolute atomic E-state index is 0.139. The second-order valence-electron chi connectivity index (χ2n) is 4.55. The summed E-state index contributed by atoms with van der Waals surface area (Å²) in [5.74, 6) is 0.139. The van der Waals surface area contributed by atoms with E-state index in [0.717, 1.165) is 12.2 Å². The standard InChI is InChI=1S/C12H23N3O3S/c1-4-13-7-11-5-12(8-14-11)19(16,17)15-6-10(2)9-18-3/h5,8,10,13-15H,4,6-7,9H2,1-3H3. The minimum Gasteiger partial charge on any atom is -0.384 e. The summed E-state index contributed by atoms with van der Waals surface area (Å²) in [5.41, 5.74) is 0.854. The van der Waals surface area contributed by atoms with E-state index >= 15 is 0 Å².